The van der Waals surface area contributed by atoms with E-state index in [1.807, 2.05) is 0 Å². The Hall–Kier alpha value is -1.01. The summed E-state index contributed by atoms with van der Waals surface area (Å²) >= 11 is 0. The zero-order valence-corrected chi connectivity index (χ0v) is 16.1. The highest BCUT2D eigenvalue weighted by atomic mass is 127. The van der Waals surface area contributed by atoms with Crippen LogP contribution < -0.4 is 15.8 Å². The van der Waals surface area contributed by atoms with Crippen LogP contribution in [-0.2, 0) is 10.0 Å². The molecular formula is C14H21F2IN4O2S. The molecule has 0 saturated heterocycles. The molecule has 1 aromatic rings. The van der Waals surface area contributed by atoms with Gasteiger partial charge in [-0.2, -0.15) is 0 Å². The van der Waals surface area contributed by atoms with E-state index in [0.29, 0.717) is 12.1 Å². The first-order valence-corrected chi connectivity index (χ1v) is 8.88. The van der Waals surface area contributed by atoms with E-state index in [4.69, 9.17) is 5.73 Å². The van der Waals surface area contributed by atoms with E-state index in [0.717, 1.165) is 37.8 Å². The van der Waals surface area contributed by atoms with Crippen molar-refractivity contribution in [3.63, 3.8) is 0 Å². The van der Waals surface area contributed by atoms with Gasteiger partial charge in [-0.05, 0) is 25.0 Å². The molecule has 0 radical (unpaired) electrons. The zero-order valence-electron chi connectivity index (χ0n) is 13.0. The first kappa shape index (κ1) is 21.0. The molecule has 0 bridgehead atoms. The van der Waals surface area contributed by atoms with Crippen LogP contribution in [0.3, 0.4) is 0 Å². The van der Waals surface area contributed by atoms with Crippen molar-refractivity contribution in [1.82, 2.24) is 10.0 Å². The summed E-state index contributed by atoms with van der Waals surface area (Å²) in [6.07, 6.45) is 4.42. The number of hydrogen-bond donors (Lipinski definition) is 3. The monoisotopic (exact) mass is 474 g/mol. The molecule has 1 saturated carbocycles. The standard InChI is InChI=1S/C14H20F2N4O2S.HI/c15-10-5-6-13(12(16)9-10)23(21,22)19-8-7-18-14(17)20-11-3-1-2-4-11;/h5-6,9,11,19H,1-4,7-8H2,(H3,17,18,20);1H. The molecule has 1 aromatic carbocycles. The van der Waals surface area contributed by atoms with E-state index in [1.165, 1.54) is 0 Å². The topological polar surface area (TPSA) is 96.6 Å². The molecule has 1 fully saturated rings. The van der Waals surface area contributed by atoms with Gasteiger partial charge in [-0.25, -0.2) is 21.9 Å². The molecule has 4 N–H and O–H groups in total. The van der Waals surface area contributed by atoms with E-state index in [1.54, 1.807) is 0 Å². The smallest absolute Gasteiger partial charge is 0.243 e. The van der Waals surface area contributed by atoms with E-state index in [-0.39, 0.29) is 43.0 Å². The van der Waals surface area contributed by atoms with Crippen LogP contribution in [0.15, 0.2) is 28.1 Å². The van der Waals surface area contributed by atoms with Crippen molar-refractivity contribution in [2.75, 3.05) is 13.1 Å². The van der Waals surface area contributed by atoms with Crippen LogP contribution in [0.25, 0.3) is 0 Å². The number of rotatable bonds is 6. The van der Waals surface area contributed by atoms with Gasteiger partial charge in [0.15, 0.2) is 5.96 Å². The van der Waals surface area contributed by atoms with E-state index >= 15 is 0 Å². The average molecular weight is 474 g/mol. The number of halogens is 3. The largest absolute Gasteiger partial charge is 0.370 e. The van der Waals surface area contributed by atoms with E-state index in [2.05, 4.69) is 15.0 Å². The summed E-state index contributed by atoms with van der Waals surface area (Å²) in [6.45, 7) is 0.0831. The number of guanidine groups is 1. The molecule has 1 aliphatic carbocycles. The van der Waals surface area contributed by atoms with Crippen LogP contribution in [0.1, 0.15) is 25.7 Å². The second-order valence-corrected chi connectivity index (χ2v) is 7.10. The zero-order chi connectivity index (χ0) is 16.9. The van der Waals surface area contributed by atoms with Gasteiger partial charge in [-0.1, -0.05) is 12.8 Å². The van der Waals surface area contributed by atoms with Gasteiger partial charge in [0, 0.05) is 18.7 Å². The van der Waals surface area contributed by atoms with Gasteiger partial charge in [0.1, 0.15) is 16.5 Å². The van der Waals surface area contributed by atoms with Crippen LogP contribution in [-0.4, -0.2) is 33.5 Å². The third kappa shape index (κ3) is 6.13. The second-order valence-electron chi connectivity index (χ2n) is 5.37. The van der Waals surface area contributed by atoms with Crippen molar-refractivity contribution in [3.8, 4) is 0 Å². The summed E-state index contributed by atoms with van der Waals surface area (Å²) in [6, 6.07) is 2.62. The van der Waals surface area contributed by atoms with Crippen molar-refractivity contribution >= 4 is 40.0 Å². The number of hydrogen-bond acceptors (Lipinski definition) is 3. The molecule has 0 unspecified atom stereocenters. The van der Waals surface area contributed by atoms with Crippen molar-refractivity contribution in [1.29, 1.82) is 0 Å². The van der Waals surface area contributed by atoms with Gasteiger partial charge >= 0.3 is 0 Å². The minimum Gasteiger partial charge on any atom is -0.370 e. The van der Waals surface area contributed by atoms with Crippen LogP contribution in [0, 0.1) is 11.6 Å². The number of nitrogens with one attached hydrogen (secondary N) is 2. The Morgan fingerprint density at radius 1 is 1.29 bits per heavy atom. The molecular weight excluding hydrogens is 453 g/mol. The lowest BCUT2D eigenvalue weighted by Gasteiger charge is -2.12. The Kier molecular flexibility index (Phi) is 8.30. The lowest BCUT2D eigenvalue weighted by molar-refractivity contribution is 0.543. The summed E-state index contributed by atoms with van der Waals surface area (Å²) in [5.74, 6) is -1.70. The Morgan fingerprint density at radius 3 is 2.58 bits per heavy atom. The minimum atomic E-state index is -4.05. The normalized spacial score (nSPS) is 16.0. The van der Waals surface area contributed by atoms with Crippen molar-refractivity contribution in [2.24, 2.45) is 10.7 Å². The molecule has 10 heteroatoms. The number of aliphatic imine (C=N–C) groups is 1. The predicted molar refractivity (Wildman–Crippen MR) is 98.8 cm³/mol. The molecule has 136 valence electrons. The first-order chi connectivity index (χ1) is 10.9. The summed E-state index contributed by atoms with van der Waals surface area (Å²) in [7, 11) is -4.05. The molecule has 0 aromatic heterocycles. The molecule has 24 heavy (non-hydrogen) atoms. The molecule has 6 nitrogen and oxygen atoms in total. The molecule has 0 heterocycles. The number of sulfonamides is 1. The summed E-state index contributed by atoms with van der Waals surface area (Å²) in [5.41, 5.74) is 5.72. The van der Waals surface area contributed by atoms with Gasteiger partial charge in [0.25, 0.3) is 0 Å². The van der Waals surface area contributed by atoms with Crippen LogP contribution in [0.4, 0.5) is 8.78 Å². The van der Waals surface area contributed by atoms with Crippen molar-refractivity contribution < 1.29 is 17.2 Å². The van der Waals surface area contributed by atoms with E-state index < -0.39 is 26.6 Å². The molecule has 0 atom stereocenters. The van der Waals surface area contributed by atoms with Crippen LogP contribution >= 0.6 is 24.0 Å². The molecule has 1 aliphatic rings. The fourth-order valence-electron chi connectivity index (χ4n) is 2.45. The third-order valence-corrected chi connectivity index (χ3v) is 5.07. The Bertz CT molecular complexity index is 679. The van der Waals surface area contributed by atoms with Gasteiger partial charge in [0.05, 0.1) is 6.54 Å². The van der Waals surface area contributed by atoms with Gasteiger partial charge in [0.2, 0.25) is 10.0 Å². The SMILES string of the molecule is I.NC(=NCCNS(=O)(=O)c1ccc(F)cc1F)NC1CCCC1. The second kappa shape index (κ2) is 9.47. The maximum atomic E-state index is 13.5. The first-order valence-electron chi connectivity index (χ1n) is 7.39. The highest BCUT2D eigenvalue weighted by Crippen LogP contribution is 2.17. The van der Waals surface area contributed by atoms with Crippen molar-refractivity contribution in [2.45, 2.75) is 36.6 Å². The van der Waals surface area contributed by atoms with Gasteiger partial charge in [-0.3, -0.25) is 4.99 Å². The van der Waals surface area contributed by atoms with Crippen molar-refractivity contribution in [3.05, 3.63) is 29.8 Å². The Labute approximate surface area is 157 Å². The molecule has 0 aliphatic heterocycles. The highest BCUT2D eigenvalue weighted by molar-refractivity contribution is 14.0. The predicted octanol–water partition coefficient (Wildman–Crippen LogP) is 1.71. The number of nitrogens with zero attached hydrogens (tertiary/aromatic N) is 1. The maximum Gasteiger partial charge on any atom is 0.243 e. The number of nitrogens with two attached hydrogens (primary N) is 1. The Balaban J connectivity index is 0.00000288. The Morgan fingerprint density at radius 2 is 1.96 bits per heavy atom. The number of benzene rings is 1. The summed E-state index contributed by atoms with van der Waals surface area (Å²) in [4.78, 5) is 3.43. The quantitative estimate of drug-likeness (QED) is 0.253. The molecule has 0 amide bonds. The fraction of sp³-hybridized carbons (Fsp3) is 0.500. The average Bonchev–Trinajstić information content (AvgIpc) is 2.96. The molecule has 0 spiro atoms. The van der Waals surface area contributed by atoms with Gasteiger partial charge < -0.3 is 11.1 Å². The lowest BCUT2D eigenvalue weighted by Crippen LogP contribution is -2.39. The highest BCUT2D eigenvalue weighted by Gasteiger charge is 2.19. The third-order valence-electron chi connectivity index (χ3n) is 3.58. The van der Waals surface area contributed by atoms with E-state index in [9.17, 15) is 17.2 Å². The van der Waals surface area contributed by atoms with Crippen LogP contribution in [0.2, 0.25) is 0 Å². The summed E-state index contributed by atoms with van der Waals surface area (Å²) in [5, 5.41) is 3.07. The minimum absolute atomic E-state index is 0. The summed E-state index contributed by atoms with van der Waals surface area (Å²) < 4.78 is 52.3. The van der Waals surface area contributed by atoms with Crippen LogP contribution in [0.5, 0.6) is 0 Å². The maximum absolute atomic E-state index is 13.5. The lowest BCUT2D eigenvalue weighted by atomic mass is 10.2. The van der Waals surface area contributed by atoms with Gasteiger partial charge in [-0.15, -0.1) is 24.0 Å². The fourth-order valence-corrected chi connectivity index (χ4v) is 3.53. The molecule has 2 rings (SSSR count).